The first-order valence-electron chi connectivity index (χ1n) is 9.21. The van der Waals surface area contributed by atoms with Crippen LogP contribution in [0.3, 0.4) is 0 Å². The van der Waals surface area contributed by atoms with Crippen molar-refractivity contribution < 1.29 is 8.42 Å². The quantitative estimate of drug-likeness (QED) is 0.634. The molecule has 0 radical (unpaired) electrons. The van der Waals surface area contributed by atoms with Crippen LogP contribution in [0.2, 0.25) is 5.02 Å². The van der Waals surface area contributed by atoms with E-state index in [4.69, 9.17) is 11.6 Å². The van der Waals surface area contributed by atoms with E-state index >= 15 is 0 Å². The third-order valence-corrected chi connectivity index (χ3v) is 7.18. The molecular formula is C20H20ClN5O2S. The van der Waals surface area contributed by atoms with E-state index in [0.717, 1.165) is 11.5 Å². The van der Waals surface area contributed by atoms with Crippen LogP contribution in [0.15, 0.2) is 59.6 Å². The number of pyridine rings is 1. The molecule has 7 nitrogen and oxygen atoms in total. The van der Waals surface area contributed by atoms with Crippen LogP contribution in [-0.4, -0.2) is 54.1 Å². The second kappa shape index (κ2) is 8.06. The Bertz CT molecular complexity index is 1100. The van der Waals surface area contributed by atoms with E-state index in [1.165, 1.54) is 10.4 Å². The van der Waals surface area contributed by atoms with Gasteiger partial charge >= 0.3 is 0 Å². The molecule has 3 aromatic rings. The van der Waals surface area contributed by atoms with Gasteiger partial charge in [-0.25, -0.2) is 8.42 Å². The summed E-state index contributed by atoms with van der Waals surface area (Å²) in [5, 5.41) is 8.97. The highest BCUT2D eigenvalue weighted by Gasteiger charge is 2.30. The molecule has 0 aliphatic carbocycles. The first kappa shape index (κ1) is 19.8. The number of halogens is 1. The van der Waals surface area contributed by atoms with E-state index in [9.17, 15) is 8.42 Å². The minimum absolute atomic E-state index is 0.262. The van der Waals surface area contributed by atoms with Gasteiger partial charge in [-0.1, -0.05) is 23.7 Å². The summed E-state index contributed by atoms with van der Waals surface area (Å²) >= 11 is 6.01. The summed E-state index contributed by atoms with van der Waals surface area (Å²) in [5.74, 6) is 0.723. The smallest absolute Gasteiger partial charge is 0.243 e. The van der Waals surface area contributed by atoms with Crippen molar-refractivity contribution >= 4 is 27.4 Å². The molecule has 1 fully saturated rings. The summed E-state index contributed by atoms with van der Waals surface area (Å²) in [7, 11) is -3.59. The van der Waals surface area contributed by atoms with Crippen molar-refractivity contribution in [2.75, 3.05) is 31.1 Å². The first-order chi connectivity index (χ1) is 13.9. The standard InChI is InChI=1S/C20H20ClN5O2S/c1-15-5-6-16(21)14-19(15)29(27,28)26-12-10-25(11-13-26)20-8-7-18(23-24-20)17-4-2-3-9-22-17/h2-9,14H,10-13H2,1H3. The predicted octanol–water partition coefficient (Wildman–Crippen LogP) is 3.01. The maximum atomic E-state index is 13.0. The second-order valence-electron chi connectivity index (χ2n) is 6.79. The highest BCUT2D eigenvalue weighted by Crippen LogP contribution is 2.25. The topological polar surface area (TPSA) is 79.3 Å². The Hall–Kier alpha value is -2.55. The Morgan fingerprint density at radius 2 is 1.72 bits per heavy atom. The molecule has 2 aromatic heterocycles. The van der Waals surface area contributed by atoms with Crippen LogP contribution in [0, 0.1) is 6.92 Å². The second-order valence-corrected chi connectivity index (χ2v) is 9.14. The zero-order valence-electron chi connectivity index (χ0n) is 15.9. The molecule has 9 heteroatoms. The summed E-state index contributed by atoms with van der Waals surface area (Å²) in [6.45, 7) is 3.60. The van der Waals surface area contributed by atoms with E-state index in [2.05, 4.69) is 15.2 Å². The highest BCUT2D eigenvalue weighted by atomic mass is 35.5. The molecule has 0 spiro atoms. The molecule has 0 saturated carbocycles. The van der Waals surface area contributed by atoms with Crippen molar-refractivity contribution in [3.05, 3.63) is 65.3 Å². The van der Waals surface area contributed by atoms with Crippen LogP contribution < -0.4 is 4.90 Å². The van der Waals surface area contributed by atoms with Gasteiger partial charge in [-0.2, -0.15) is 4.31 Å². The van der Waals surface area contributed by atoms with Gasteiger partial charge in [-0.15, -0.1) is 10.2 Å². The van der Waals surface area contributed by atoms with Gasteiger partial charge in [0.15, 0.2) is 5.82 Å². The number of benzene rings is 1. The first-order valence-corrected chi connectivity index (χ1v) is 11.0. The van der Waals surface area contributed by atoms with Gasteiger partial charge in [0, 0.05) is 37.4 Å². The normalized spacial score (nSPS) is 15.4. The number of anilines is 1. The summed E-state index contributed by atoms with van der Waals surface area (Å²) < 4.78 is 27.5. The van der Waals surface area contributed by atoms with Gasteiger partial charge in [0.05, 0.1) is 10.6 Å². The fraction of sp³-hybridized carbons (Fsp3) is 0.250. The third kappa shape index (κ3) is 4.10. The average molecular weight is 430 g/mol. The lowest BCUT2D eigenvalue weighted by atomic mass is 10.2. The van der Waals surface area contributed by atoms with Crippen LogP contribution in [0.5, 0.6) is 0 Å². The average Bonchev–Trinajstić information content (AvgIpc) is 2.76. The van der Waals surface area contributed by atoms with E-state index in [-0.39, 0.29) is 4.90 Å². The van der Waals surface area contributed by atoms with Crippen molar-refractivity contribution in [1.29, 1.82) is 0 Å². The molecule has 0 amide bonds. The van der Waals surface area contributed by atoms with Gasteiger partial charge < -0.3 is 4.90 Å². The van der Waals surface area contributed by atoms with Gasteiger partial charge in [-0.05, 0) is 48.9 Å². The summed E-state index contributed by atoms with van der Waals surface area (Å²) in [5.41, 5.74) is 2.15. The summed E-state index contributed by atoms with van der Waals surface area (Å²) in [4.78, 5) is 6.57. The molecule has 1 aliphatic heterocycles. The van der Waals surface area contributed by atoms with E-state index in [1.54, 1.807) is 25.3 Å². The number of nitrogens with zero attached hydrogens (tertiary/aromatic N) is 5. The monoisotopic (exact) mass is 429 g/mol. The van der Waals surface area contributed by atoms with Gasteiger partial charge in [0.1, 0.15) is 5.69 Å². The summed E-state index contributed by atoms with van der Waals surface area (Å²) in [6, 6.07) is 14.3. The zero-order chi connectivity index (χ0) is 20.4. The largest absolute Gasteiger partial charge is 0.352 e. The maximum absolute atomic E-state index is 13.0. The zero-order valence-corrected chi connectivity index (χ0v) is 17.4. The molecule has 0 bridgehead atoms. The van der Waals surface area contributed by atoms with Crippen LogP contribution in [0.4, 0.5) is 5.82 Å². The molecule has 29 heavy (non-hydrogen) atoms. The number of piperazine rings is 1. The molecule has 3 heterocycles. The Kier molecular flexibility index (Phi) is 5.49. The van der Waals surface area contributed by atoms with Crippen molar-refractivity contribution in [2.24, 2.45) is 0 Å². The minimum Gasteiger partial charge on any atom is -0.352 e. The number of hydrogen-bond donors (Lipinski definition) is 0. The van der Waals surface area contributed by atoms with Crippen LogP contribution in [-0.2, 0) is 10.0 Å². The van der Waals surface area contributed by atoms with Gasteiger partial charge in [0.25, 0.3) is 0 Å². The Morgan fingerprint density at radius 3 is 2.38 bits per heavy atom. The number of aromatic nitrogens is 3. The molecule has 1 aliphatic rings. The third-order valence-electron chi connectivity index (χ3n) is 4.91. The van der Waals surface area contributed by atoms with Crippen LogP contribution in [0.1, 0.15) is 5.56 Å². The van der Waals surface area contributed by atoms with Crippen molar-refractivity contribution in [1.82, 2.24) is 19.5 Å². The van der Waals surface area contributed by atoms with Crippen molar-refractivity contribution in [3.8, 4) is 11.4 Å². The van der Waals surface area contributed by atoms with Gasteiger partial charge in [0.2, 0.25) is 10.0 Å². The highest BCUT2D eigenvalue weighted by molar-refractivity contribution is 7.89. The van der Waals surface area contributed by atoms with Crippen molar-refractivity contribution in [3.63, 3.8) is 0 Å². The Labute approximate surface area is 175 Å². The van der Waals surface area contributed by atoms with Crippen LogP contribution >= 0.6 is 11.6 Å². The fourth-order valence-electron chi connectivity index (χ4n) is 3.29. The van der Waals surface area contributed by atoms with Crippen LogP contribution in [0.25, 0.3) is 11.4 Å². The fourth-order valence-corrected chi connectivity index (χ4v) is 5.20. The molecule has 150 valence electrons. The van der Waals surface area contributed by atoms with E-state index in [1.807, 2.05) is 35.2 Å². The molecule has 0 unspecified atom stereocenters. The maximum Gasteiger partial charge on any atom is 0.243 e. The Morgan fingerprint density at radius 1 is 0.931 bits per heavy atom. The molecular weight excluding hydrogens is 410 g/mol. The molecule has 4 rings (SSSR count). The Balaban J connectivity index is 1.46. The van der Waals surface area contributed by atoms with E-state index in [0.29, 0.717) is 42.5 Å². The SMILES string of the molecule is Cc1ccc(Cl)cc1S(=O)(=O)N1CCN(c2ccc(-c3ccccn3)nn2)CC1. The summed E-state index contributed by atoms with van der Waals surface area (Å²) in [6.07, 6.45) is 1.71. The molecule has 1 aromatic carbocycles. The number of hydrogen-bond acceptors (Lipinski definition) is 6. The molecule has 1 saturated heterocycles. The van der Waals surface area contributed by atoms with E-state index < -0.39 is 10.0 Å². The minimum atomic E-state index is -3.59. The predicted molar refractivity (Wildman–Crippen MR) is 112 cm³/mol. The van der Waals surface area contributed by atoms with Gasteiger partial charge in [-0.3, -0.25) is 4.98 Å². The number of aryl methyl sites for hydroxylation is 1. The molecule has 0 N–H and O–H groups in total. The number of sulfonamides is 1. The lowest BCUT2D eigenvalue weighted by Gasteiger charge is -2.34. The molecule has 0 atom stereocenters. The lowest BCUT2D eigenvalue weighted by Crippen LogP contribution is -2.49. The lowest BCUT2D eigenvalue weighted by molar-refractivity contribution is 0.383. The van der Waals surface area contributed by atoms with Crippen molar-refractivity contribution in [2.45, 2.75) is 11.8 Å². The number of rotatable bonds is 4.